The molecule has 0 heterocycles. The maximum absolute atomic E-state index is 2.37. The summed E-state index contributed by atoms with van der Waals surface area (Å²) in [6, 6.07) is 38.3. The molecule has 0 aliphatic heterocycles. The highest BCUT2D eigenvalue weighted by Gasteiger charge is 2.24. The molecule has 0 bridgehead atoms. The van der Waals surface area contributed by atoms with Gasteiger partial charge in [-0.15, -0.1) is 0 Å². The Kier molecular flexibility index (Phi) is 13.9. The van der Waals surface area contributed by atoms with E-state index in [0.717, 1.165) is 0 Å². The van der Waals surface area contributed by atoms with Crippen molar-refractivity contribution in [2.75, 3.05) is 0 Å². The number of aryl methyl sites for hydroxylation is 8. The van der Waals surface area contributed by atoms with Gasteiger partial charge in [0.25, 0.3) is 0 Å². The lowest BCUT2D eigenvalue weighted by atomic mass is 9.77. The minimum atomic E-state index is 0.273. The molecule has 276 valence electrons. The Labute approximate surface area is 323 Å². The quantitative estimate of drug-likeness (QED) is 0.152. The average Bonchev–Trinajstić information content (AvgIpc) is 3.13. The van der Waals surface area contributed by atoms with Crippen LogP contribution in [0.5, 0.6) is 0 Å². The van der Waals surface area contributed by atoms with Gasteiger partial charge < -0.3 is 0 Å². The maximum Gasteiger partial charge on any atom is 0.0348 e. The lowest BCUT2D eigenvalue weighted by Crippen LogP contribution is -2.11. The van der Waals surface area contributed by atoms with Gasteiger partial charge in [0.1, 0.15) is 0 Å². The molecular formula is C53H64. The molecule has 6 aromatic rings. The number of rotatable bonds is 6. The third kappa shape index (κ3) is 8.93. The Balaban J connectivity index is 0.000000226. The predicted octanol–water partition coefficient (Wildman–Crippen LogP) is 14.8. The van der Waals surface area contributed by atoms with Gasteiger partial charge in [-0.1, -0.05) is 123 Å². The van der Waals surface area contributed by atoms with E-state index in [1.807, 2.05) is 13.8 Å². The van der Waals surface area contributed by atoms with Crippen LogP contribution in [0.1, 0.15) is 131 Å². The molecule has 0 fully saturated rings. The summed E-state index contributed by atoms with van der Waals surface area (Å²) in [6.45, 7) is 33.0. The van der Waals surface area contributed by atoms with E-state index >= 15 is 0 Å². The molecule has 0 saturated carbocycles. The molecule has 0 radical (unpaired) electrons. The highest BCUT2D eigenvalue weighted by molar-refractivity contribution is 5.56. The fraction of sp³-hybridized carbons (Fsp3) is 0.321. The molecule has 6 aromatic carbocycles. The van der Waals surface area contributed by atoms with Crippen LogP contribution in [0.3, 0.4) is 0 Å². The minimum Gasteiger partial charge on any atom is -0.0683 e. The number of hydrogen-bond donors (Lipinski definition) is 0. The Hall–Kier alpha value is -4.68. The van der Waals surface area contributed by atoms with Gasteiger partial charge in [0.05, 0.1) is 0 Å². The molecule has 0 saturated heterocycles. The monoisotopic (exact) mass is 701 g/mol. The fourth-order valence-corrected chi connectivity index (χ4v) is 8.05. The molecule has 0 nitrogen and oxygen atoms in total. The Bertz CT molecular complexity index is 2070. The van der Waals surface area contributed by atoms with Crippen molar-refractivity contribution in [3.63, 3.8) is 0 Å². The van der Waals surface area contributed by atoms with Gasteiger partial charge in [0.2, 0.25) is 0 Å². The van der Waals surface area contributed by atoms with Gasteiger partial charge in [0.15, 0.2) is 0 Å². The minimum absolute atomic E-state index is 0.273. The van der Waals surface area contributed by atoms with Crippen molar-refractivity contribution < 1.29 is 0 Å². The summed E-state index contributed by atoms with van der Waals surface area (Å²) in [5.74, 6) is 0.551. The van der Waals surface area contributed by atoms with E-state index in [9.17, 15) is 0 Å². The van der Waals surface area contributed by atoms with E-state index in [0.29, 0.717) is 0 Å². The second-order valence-corrected chi connectivity index (χ2v) is 15.2. The van der Waals surface area contributed by atoms with Gasteiger partial charge in [-0.05, 0) is 190 Å². The van der Waals surface area contributed by atoms with E-state index in [1.165, 1.54) is 106 Å². The first kappa shape index (κ1) is 41.1. The average molecular weight is 701 g/mol. The highest BCUT2D eigenvalue weighted by atomic mass is 14.3. The molecule has 0 spiro atoms. The standard InChI is InChI=1S/C26H30.C25H28.C2H6/c1-16-12-14-24(21(6)19(16)4)26(23-11-9-8-10-18(23)3)25-15-13-17(2)20(5)22(25)7;1-16-12-19(4)24(20(5)13-16)25(22-10-8-7-9-11-22)23-14-17(2)21(6)18(3)15-23;1-2/h8-15,26H,1-7H3;7-15,25H,1-6H3;1-2H3. The van der Waals surface area contributed by atoms with Crippen LogP contribution in [0.15, 0.2) is 103 Å². The van der Waals surface area contributed by atoms with Crippen LogP contribution in [0, 0.1) is 90.0 Å². The number of hydrogen-bond acceptors (Lipinski definition) is 0. The van der Waals surface area contributed by atoms with E-state index in [1.54, 1.807) is 0 Å². The van der Waals surface area contributed by atoms with Crippen molar-refractivity contribution in [2.24, 2.45) is 0 Å². The molecule has 0 aliphatic carbocycles. The first-order valence-electron chi connectivity index (χ1n) is 19.6. The topological polar surface area (TPSA) is 0 Å². The normalized spacial score (nSPS) is 11.4. The largest absolute Gasteiger partial charge is 0.0683 e. The van der Waals surface area contributed by atoms with Crippen LogP contribution in [0.4, 0.5) is 0 Å². The molecular weight excluding hydrogens is 637 g/mol. The first-order valence-corrected chi connectivity index (χ1v) is 19.6. The summed E-state index contributed by atoms with van der Waals surface area (Å²) in [4.78, 5) is 0. The molecule has 0 aromatic heterocycles. The molecule has 53 heavy (non-hydrogen) atoms. The Morgan fingerprint density at radius 2 is 0.755 bits per heavy atom. The Morgan fingerprint density at radius 1 is 0.302 bits per heavy atom. The lowest BCUT2D eigenvalue weighted by molar-refractivity contribution is 0.925. The van der Waals surface area contributed by atoms with E-state index in [4.69, 9.17) is 0 Å². The second kappa shape index (κ2) is 17.9. The van der Waals surface area contributed by atoms with Crippen molar-refractivity contribution in [3.8, 4) is 0 Å². The van der Waals surface area contributed by atoms with Gasteiger partial charge in [-0.25, -0.2) is 0 Å². The van der Waals surface area contributed by atoms with Gasteiger partial charge in [-0.2, -0.15) is 0 Å². The molecule has 0 aliphatic rings. The zero-order valence-corrected chi connectivity index (χ0v) is 35.5. The van der Waals surface area contributed by atoms with Crippen molar-refractivity contribution in [1.29, 1.82) is 0 Å². The summed E-state index contributed by atoms with van der Waals surface area (Å²) >= 11 is 0. The SMILES string of the molecule is CC.Cc1cc(C)c(C(c2ccccc2)c2cc(C)c(C)c(C)c2)c(C)c1.Cc1ccccc1C(c1ccc(C)c(C)c1C)c1ccc(C)c(C)c1C. The van der Waals surface area contributed by atoms with Crippen LogP contribution in [0.2, 0.25) is 0 Å². The molecule has 1 atom stereocenters. The molecule has 6 rings (SSSR count). The highest BCUT2D eigenvalue weighted by Crippen LogP contribution is 2.40. The summed E-state index contributed by atoms with van der Waals surface area (Å²) in [6.07, 6.45) is 0. The zero-order chi connectivity index (χ0) is 39.1. The van der Waals surface area contributed by atoms with Gasteiger partial charge >= 0.3 is 0 Å². The van der Waals surface area contributed by atoms with Crippen molar-refractivity contribution >= 4 is 0 Å². The number of benzene rings is 6. The predicted molar refractivity (Wildman–Crippen MR) is 233 cm³/mol. The van der Waals surface area contributed by atoms with E-state index < -0.39 is 0 Å². The van der Waals surface area contributed by atoms with Gasteiger partial charge in [0, 0.05) is 11.8 Å². The second-order valence-electron chi connectivity index (χ2n) is 15.2. The van der Waals surface area contributed by atoms with Crippen LogP contribution >= 0.6 is 0 Å². The third-order valence-electron chi connectivity index (χ3n) is 11.8. The summed E-state index contributed by atoms with van der Waals surface area (Å²) in [5, 5.41) is 0. The maximum atomic E-state index is 2.37. The molecule has 1 unspecified atom stereocenters. The first-order chi connectivity index (χ1) is 25.2. The summed E-state index contributed by atoms with van der Waals surface area (Å²) in [5.41, 5.74) is 26.4. The molecule has 0 N–H and O–H groups in total. The van der Waals surface area contributed by atoms with Crippen LogP contribution in [0.25, 0.3) is 0 Å². The summed E-state index contributed by atoms with van der Waals surface area (Å²) in [7, 11) is 0. The Morgan fingerprint density at radius 3 is 1.23 bits per heavy atom. The molecule has 0 amide bonds. The zero-order valence-electron chi connectivity index (χ0n) is 35.5. The third-order valence-corrected chi connectivity index (χ3v) is 11.8. The van der Waals surface area contributed by atoms with Crippen LogP contribution < -0.4 is 0 Å². The van der Waals surface area contributed by atoms with Crippen LogP contribution in [-0.2, 0) is 0 Å². The fourth-order valence-electron chi connectivity index (χ4n) is 8.05. The van der Waals surface area contributed by atoms with E-state index in [-0.39, 0.29) is 11.8 Å². The summed E-state index contributed by atoms with van der Waals surface area (Å²) < 4.78 is 0. The van der Waals surface area contributed by atoms with Gasteiger partial charge in [-0.3, -0.25) is 0 Å². The van der Waals surface area contributed by atoms with Crippen molar-refractivity contribution in [1.82, 2.24) is 0 Å². The van der Waals surface area contributed by atoms with Crippen molar-refractivity contribution in [3.05, 3.63) is 209 Å². The van der Waals surface area contributed by atoms with Crippen LogP contribution in [-0.4, -0.2) is 0 Å². The molecule has 0 heteroatoms. The smallest absolute Gasteiger partial charge is 0.0348 e. The lowest BCUT2D eigenvalue weighted by Gasteiger charge is -2.26. The van der Waals surface area contributed by atoms with Crippen molar-refractivity contribution in [2.45, 2.75) is 116 Å². The van der Waals surface area contributed by atoms with E-state index in [2.05, 4.69) is 193 Å².